The zero-order chi connectivity index (χ0) is 20.4. The lowest BCUT2D eigenvalue weighted by Crippen LogP contribution is -2.07. The molecule has 1 saturated carbocycles. The number of carboxylic acids is 1. The van der Waals surface area contributed by atoms with Crippen molar-refractivity contribution in [2.45, 2.75) is 44.6 Å². The first-order valence-electron chi connectivity index (χ1n) is 10.2. The van der Waals surface area contributed by atoms with Crippen molar-refractivity contribution in [2.24, 2.45) is 0 Å². The van der Waals surface area contributed by atoms with E-state index in [2.05, 4.69) is 29.2 Å². The molecule has 0 bridgehead atoms. The first-order chi connectivity index (χ1) is 14.2. The molecular formula is C26H25NO2. The number of benzene rings is 2. The largest absolute Gasteiger partial charge is 0.478 e. The van der Waals surface area contributed by atoms with Gasteiger partial charge in [0.1, 0.15) is 0 Å². The van der Waals surface area contributed by atoms with E-state index >= 15 is 0 Å². The SMILES string of the molecule is C#CCn1c(-c2ccccc2C=C)c(C2CCCCC2)c2ccc(C(=O)O)cc21. The highest BCUT2D eigenvalue weighted by molar-refractivity contribution is 5.99. The first kappa shape index (κ1) is 19.1. The Morgan fingerprint density at radius 1 is 1.21 bits per heavy atom. The van der Waals surface area contributed by atoms with Crippen LogP contribution in [-0.4, -0.2) is 15.6 Å². The van der Waals surface area contributed by atoms with Crippen LogP contribution in [0.4, 0.5) is 0 Å². The molecule has 0 spiro atoms. The second-order valence-corrected chi connectivity index (χ2v) is 7.72. The van der Waals surface area contributed by atoms with Gasteiger partial charge in [0.15, 0.2) is 0 Å². The van der Waals surface area contributed by atoms with E-state index in [1.54, 1.807) is 12.1 Å². The predicted octanol–water partition coefficient (Wildman–Crippen LogP) is 6.33. The van der Waals surface area contributed by atoms with Crippen molar-refractivity contribution < 1.29 is 9.90 Å². The molecule has 3 heteroatoms. The minimum atomic E-state index is -0.924. The van der Waals surface area contributed by atoms with Crippen LogP contribution in [-0.2, 0) is 6.54 Å². The zero-order valence-corrected chi connectivity index (χ0v) is 16.5. The van der Waals surface area contributed by atoms with Crippen molar-refractivity contribution in [1.82, 2.24) is 4.57 Å². The van der Waals surface area contributed by atoms with Gasteiger partial charge in [-0.15, -0.1) is 6.42 Å². The summed E-state index contributed by atoms with van der Waals surface area (Å²) in [7, 11) is 0. The maximum Gasteiger partial charge on any atom is 0.335 e. The summed E-state index contributed by atoms with van der Waals surface area (Å²) in [5, 5.41) is 10.6. The summed E-state index contributed by atoms with van der Waals surface area (Å²) in [4.78, 5) is 11.6. The van der Waals surface area contributed by atoms with Crippen LogP contribution in [0.5, 0.6) is 0 Å². The number of aromatic nitrogens is 1. The highest BCUT2D eigenvalue weighted by Crippen LogP contribution is 2.45. The summed E-state index contributed by atoms with van der Waals surface area (Å²) in [6, 6.07) is 13.7. The quantitative estimate of drug-likeness (QED) is 0.523. The minimum Gasteiger partial charge on any atom is -0.478 e. The van der Waals surface area contributed by atoms with Crippen molar-refractivity contribution in [3.63, 3.8) is 0 Å². The topological polar surface area (TPSA) is 42.2 Å². The molecule has 0 radical (unpaired) electrons. The molecule has 0 aliphatic heterocycles. The molecule has 29 heavy (non-hydrogen) atoms. The Kier molecular flexibility index (Phi) is 5.27. The summed E-state index contributed by atoms with van der Waals surface area (Å²) in [6.07, 6.45) is 13.7. The van der Waals surface area contributed by atoms with Crippen LogP contribution in [0, 0.1) is 12.3 Å². The number of hydrogen-bond donors (Lipinski definition) is 1. The zero-order valence-electron chi connectivity index (χ0n) is 16.5. The second kappa shape index (κ2) is 8.01. The van der Waals surface area contributed by atoms with Gasteiger partial charge in [-0.2, -0.15) is 0 Å². The van der Waals surface area contributed by atoms with E-state index in [9.17, 15) is 9.90 Å². The van der Waals surface area contributed by atoms with Gasteiger partial charge in [0.25, 0.3) is 0 Å². The van der Waals surface area contributed by atoms with Gasteiger partial charge >= 0.3 is 5.97 Å². The molecule has 1 aromatic heterocycles. The molecular weight excluding hydrogens is 358 g/mol. The average Bonchev–Trinajstić information content (AvgIpc) is 3.08. The molecule has 0 atom stereocenters. The fourth-order valence-corrected chi connectivity index (χ4v) is 4.75. The maximum atomic E-state index is 11.6. The van der Waals surface area contributed by atoms with Gasteiger partial charge in [0.05, 0.1) is 23.3 Å². The van der Waals surface area contributed by atoms with Crippen LogP contribution in [0.3, 0.4) is 0 Å². The molecule has 1 heterocycles. The fraction of sp³-hybridized carbons (Fsp3) is 0.269. The van der Waals surface area contributed by atoms with Crippen LogP contribution in [0.25, 0.3) is 28.2 Å². The molecule has 3 aromatic rings. The Bertz CT molecular complexity index is 1120. The molecule has 1 aliphatic rings. The lowest BCUT2D eigenvalue weighted by atomic mass is 9.81. The first-order valence-corrected chi connectivity index (χ1v) is 10.2. The summed E-state index contributed by atoms with van der Waals surface area (Å²) >= 11 is 0. The number of terminal acetylenes is 1. The molecule has 0 unspecified atom stereocenters. The van der Waals surface area contributed by atoms with Crippen molar-refractivity contribution in [1.29, 1.82) is 0 Å². The van der Waals surface area contributed by atoms with E-state index in [4.69, 9.17) is 6.42 Å². The molecule has 4 rings (SSSR count). The minimum absolute atomic E-state index is 0.284. The van der Waals surface area contributed by atoms with Crippen LogP contribution < -0.4 is 0 Å². The highest BCUT2D eigenvalue weighted by atomic mass is 16.4. The van der Waals surface area contributed by atoms with E-state index in [0.29, 0.717) is 12.5 Å². The number of carboxylic acid groups (broad SMARTS) is 1. The Hall–Kier alpha value is -3.25. The third kappa shape index (κ3) is 3.36. The van der Waals surface area contributed by atoms with E-state index in [-0.39, 0.29) is 5.56 Å². The molecule has 146 valence electrons. The standard InChI is InChI=1S/C26H25NO2/c1-3-16-27-23-17-20(26(28)29)14-15-22(23)24(19-11-6-5-7-12-19)25(27)21-13-9-8-10-18(21)4-2/h1,4,8-10,13-15,17,19H,2,5-7,11-12,16H2,(H,28,29). The molecule has 0 amide bonds. The molecule has 1 N–H and O–H groups in total. The third-order valence-corrected chi connectivity index (χ3v) is 6.05. The van der Waals surface area contributed by atoms with Gasteiger partial charge < -0.3 is 9.67 Å². The van der Waals surface area contributed by atoms with Crippen LogP contribution in [0.15, 0.2) is 49.0 Å². The number of hydrogen-bond acceptors (Lipinski definition) is 1. The number of aromatic carboxylic acids is 1. The Labute approximate surface area is 171 Å². The van der Waals surface area contributed by atoms with Gasteiger partial charge in [-0.05, 0) is 42.0 Å². The lowest BCUT2D eigenvalue weighted by molar-refractivity contribution is 0.0697. The molecule has 2 aromatic carbocycles. The smallest absolute Gasteiger partial charge is 0.335 e. The number of nitrogens with zero attached hydrogens (tertiary/aromatic N) is 1. The monoisotopic (exact) mass is 383 g/mol. The summed E-state index contributed by atoms with van der Waals surface area (Å²) in [6.45, 7) is 4.39. The number of fused-ring (bicyclic) bond motifs is 1. The van der Waals surface area contributed by atoms with Gasteiger partial charge in [-0.25, -0.2) is 4.79 Å². The van der Waals surface area contributed by atoms with Gasteiger partial charge in [0.2, 0.25) is 0 Å². The Balaban J connectivity index is 2.10. The molecule has 1 fully saturated rings. The normalized spacial score (nSPS) is 14.6. The predicted molar refractivity (Wildman–Crippen MR) is 119 cm³/mol. The summed E-state index contributed by atoms with van der Waals surface area (Å²) in [5.74, 6) is 2.31. The molecule has 1 aliphatic carbocycles. The highest BCUT2D eigenvalue weighted by Gasteiger charge is 2.27. The van der Waals surface area contributed by atoms with E-state index < -0.39 is 5.97 Å². The van der Waals surface area contributed by atoms with E-state index in [0.717, 1.165) is 40.6 Å². The molecule has 0 saturated heterocycles. The lowest BCUT2D eigenvalue weighted by Gasteiger charge is -2.24. The van der Waals surface area contributed by atoms with Crippen LogP contribution >= 0.6 is 0 Å². The van der Waals surface area contributed by atoms with Gasteiger partial charge in [0, 0.05) is 10.9 Å². The average molecular weight is 383 g/mol. The van der Waals surface area contributed by atoms with Crippen LogP contribution in [0.1, 0.15) is 59.5 Å². The summed E-state index contributed by atoms with van der Waals surface area (Å²) in [5.41, 5.74) is 5.77. The van der Waals surface area contributed by atoms with Gasteiger partial charge in [-0.1, -0.05) is 68.2 Å². The number of rotatable bonds is 5. The molecule has 3 nitrogen and oxygen atoms in total. The van der Waals surface area contributed by atoms with Crippen molar-refractivity contribution in [3.8, 4) is 23.6 Å². The third-order valence-electron chi connectivity index (χ3n) is 6.05. The van der Waals surface area contributed by atoms with Crippen molar-refractivity contribution >= 4 is 22.9 Å². The number of carbonyl (C=O) groups is 1. The van der Waals surface area contributed by atoms with E-state index in [1.165, 1.54) is 24.8 Å². The Morgan fingerprint density at radius 3 is 2.66 bits per heavy atom. The van der Waals surface area contributed by atoms with E-state index in [1.807, 2.05) is 24.3 Å². The Morgan fingerprint density at radius 2 is 1.97 bits per heavy atom. The fourth-order valence-electron chi connectivity index (χ4n) is 4.75. The summed E-state index contributed by atoms with van der Waals surface area (Å²) < 4.78 is 2.12. The van der Waals surface area contributed by atoms with Crippen molar-refractivity contribution in [2.75, 3.05) is 0 Å². The second-order valence-electron chi connectivity index (χ2n) is 7.72. The van der Waals surface area contributed by atoms with Crippen LogP contribution in [0.2, 0.25) is 0 Å². The van der Waals surface area contributed by atoms with Crippen molar-refractivity contribution in [3.05, 3.63) is 65.7 Å². The van der Waals surface area contributed by atoms with Gasteiger partial charge in [-0.3, -0.25) is 0 Å². The maximum absolute atomic E-state index is 11.6.